The number of hydrogen-bond donors (Lipinski definition) is 3. The number of thioether (sulfide) groups is 1. The van der Waals surface area contributed by atoms with Crippen LogP contribution >= 0.6 is 11.8 Å². The Balaban J connectivity index is 2.23. The molecule has 0 atom stereocenters. The molecule has 0 spiro atoms. The number of carbonyl (C=O) groups excluding carboxylic acids is 1. The number of nitrogens with one attached hydrogen (secondary N) is 1. The van der Waals surface area contributed by atoms with E-state index in [2.05, 4.69) is 5.32 Å². The molecular formula is C14H14N2O2S. The third kappa shape index (κ3) is 3.00. The van der Waals surface area contributed by atoms with Gasteiger partial charge >= 0.3 is 0 Å². The fourth-order valence-electron chi connectivity index (χ4n) is 1.64. The highest BCUT2D eigenvalue weighted by atomic mass is 32.2. The van der Waals surface area contributed by atoms with Gasteiger partial charge in [0.25, 0.3) is 5.91 Å². The van der Waals surface area contributed by atoms with Crippen LogP contribution in [-0.4, -0.2) is 17.3 Å². The van der Waals surface area contributed by atoms with Crippen LogP contribution in [0.3, 0.4) is 0 Å². The molecule has 2 aromatic rings. The monoisotopic (exact) mass is 274 g/mol. The molecule has 0 aliphatic heterocycles. The minimum atomic E-state index is -0.386. The number of hydrogen-bond acceptors (Lipinski definition) is 4. The zero-order chi connectivity index (χ0) is 13.8. The Labute approximate surface area is 115 Å². The molecule has 5 heteroatoms. The highest BCUT2D eigenvalue weighted by molar-refractivity contribution is 7.98. The number of amides is 1. The Morgan fingerprint density at radius 1 is 1.26 bits per heavy atom. The molecule has 0 saturated carbocycles. The quantitative estimate of drug-likeness (QED) is 0.457. The standard InChI is InChI=1S/C14H14N2O2S/c1-19-10-5-2-4-9(8-10)16-14(18)11-6-3-7-12(15)13(11)17/h2-8,17H,15H2,1H3,(H,16,18). The van der Waals surface area contributed by atoms with Gasteiger partial charge in [0.1, 0.15) is 0 Å². The lowest BCUT2D eigenvalue weighted by Gasteiger charge is -2.09. The lowest BCUT2D eigenvalue weighted by molar-refractivity contribution is 0.102. The van der Waals surface area contributed by atoms with Crippen molar-refractivity contribution in [2.24, 2.45) is 0 Å². The van der Waals surface area contributed by atoms with Crippen molar-refractivity contribution in [1.29, 1.82) is 0 Å². The fraction of sp³-hybridized carbons (Fsp3) is 0.0714. The van der Waals surface area contributed by atoms with E-state index in [1.807, 2.05) is 24.5 Å². The highest BCUT2D eigenvalue weighted by Gasteiger charge is 2.13. The van der Waals surface area contributed by atoms with Crippen LogP contribution in [0.1, 0.15) is 10.4 Å². The first-order valence-electron chi connectivity index (χ1n) is 5.64. The molecule has 4 nitrogen and oxygen atoms in total. The molecule has 0 radical (unpaired) electrons. The maximum atomic E-state index is 12.1. The first-order chi connectivity index (χ1) is 9.11. The summed E-state index contributed by atoms with van der Waals surface area (Å²) < 4.78 is 0. The molecule has 0 saturated heterocycles. The number of carbonyl (C=O) groups is 1. The third-order valence-electron chi connectivity index (χ3n) is 2.64. The molecule has 0 fully saturated rings. The predicted octanol–water partition coefficient (Wildman–Crippen LogP) is 2.95. The zero-order valence-electron chi connectivity index (χ0n) is 10.4. The second-order valence-corrected chi connectivity index (χ2v) is 4.81. The topological polar surface area (TPSA) is 75.4 Å². The Bertz CT molecular complexity index is 614. The number of anilines is 2. The van der Waals surface area contributed by atoms with Gasteiger partial charge in [-0.3, -0.25) is 4.79 Å². The first kappa shape index (κ1) is 13.3. The van der Waals surface area contributed by atoms with Crippen molar-refractivity contribution in [2.75, 3.05) is 17.3 Å². The van der Waals surface area contributed by atoms with E-state index < -0.39 is 0 Å². The maximum absolute atomic E-state index is 12.1. The zero-order valence-corrected chi connectivity index (χ0v) is 11.2. The van der Waals surface area contributed by atoms with Crippen LogP contribution in [0, 0.1) is 0 Å². The molecule has 0 aliphatic rings. The van der Waals surface area contributed by atoms with Crippen LogP contribution in [-0.2, 0) is 0 Å². The average molecular weight is 274 g/mol. The number of benzene rings is 2. The molecule has 4 N–H and O–H groups in total. The summed E-state index contributed by atoms with van der Waals surface area (Å²) in [6.07, 6.45) is 1.96. The van der Waals surface area contributed by atoms with Gasteiger partial charge in [-0.25, -0.2) is 0 Å². The molecule has 0 unspecified atom stereocenters. The van der Waals surface area contributed by atoms with Gasteiger partial charge in [-0.1, -0.05) is 12.1 Å². The smallest absolute Gasteiger partial charge is 0.259 e. The molecule has 0 bridgehead atoms. The fourth-order valence-corrected chi connectivity index (χ4v) is 2.10. The molecule has 98 valence electrons. The summed E-state index contributed by atoms with van der Waals surface area (Å²) in [6.45, 7) is 0. The molecule has 1 amide bonds. The van der Waals surface area contributed by atoms with Crippen LogP contribution < -0.4 is 11.1 Å². The van der Waals surface area contributed by atoms with Crippen LogP contribution in [0.15, 0.2) is 47.4 Å². The lowest BCUT2D eigenvalue weighted by Crippen LogP contribution is -2.12. The van der Waals surface area contributed by atoms with Gasteiger partial charge in [-0.2, -0.15) is 0 Å². The lowest BCUT2D eigenvalue weighted by atomic mass is 10.1. The molecule has 2 aromatic carbocycles. The van der Waals surface area contributed by atoms with E-state index in [1.165, 1.54) is 6.07 Å². The molecule has 0 aliphatic carbocycles. The molecule has 19 heavy (non-hydrogen) atoms. The average Bonchev–Trinajstić information content (AvgIpc) is 2.42. The van der Waals surface area contributed by atoms with Crippen LogP contribution in [0.5, 0.6) is 5.75 Å². The van der Waals surface area contributed by atoms with Gasteiger partial charge in [0.15, 0.2) is 5.75 Å². The van der Waals surface area contributed by atoms with E-state index in [-0.39, 0.29) is 22.9 Å². The number of phenolic OH excluding ortho intramolecular Hbond substituents is 1. The number of phenols is 1. The Hall–Kier alpha value is -2.14. The van der Waals surface area contributed by atoms with Gasteiger partial charge in [0.2, 0.25) is 0 Å². The van der Waals surface area contributed by atoms with E-state index in [0.717, 1.165) is 4.90 Å². The Morgan fingerprint density at radius 2 is 2.00 bits per heavy atom. The molecule has 0 heterocycles. The van der Waals surface area contributed by atoms with E-state index in [4.69, 9.17) is 5.73 Å². The minimum absolute atomic E-state index is 0.162. The number of aromatic hydroxyl groups is 1. The van der Waals surface area contributed by atoms with Crippen LogP contribution in [0.2, 0.25) is 0 Å². The second kappa shape index (κ2) is 5.67. The van der Waals surface area contributed by atoms with Crippen molar-refractivity contribution in [1.82, 2.24) is 0 Å². The Kier molecular flexibility index (Phi) is 3.97. The molecular weight excluding hydrogens is 260 g/mol. The molecule has 2 rings (SSSR count). The number of rotatable bonds is 3. The third-order valence-corrected chi connectivity index (χ3v) is 3.36. The summed E-state index contributed by atoms with van der Waals surface area (Å²) in [5, 5.41) is 12.5. The molecule has 0 aromatic heterocycles. The normalized spacial score (nSPS) is 10.2. The van der Waals surface area contributed by atoms with Crippen molar-refractivity contribution in [2.45, 2.75) is 4.90 Å². The van der Waals surface area contributed by atoms with Gasteiger partial charge < -0.3 is 16.2 Å². The van der Waals surface area contributed by atoms with Crippen LogP contribution in [0.25, 0.3) is 0 Å². The summed E-state index contributed by atoms with van der Waals surface area (Å²) in [5.74, 6) is -0.580. The van der Waals surface area contributed by atoms with Crippen LogP contribution in [0.4, 0.5) is 11.4 Å². The first-order valence-corrected chi connectivity index (χ1v) is 6.87. The highest BCUT2D eigenvalue weighted by Crippen LogP contribution is 2.26. The van der Waals surface area contributed by atoms with Crippen molar-refractivity contribution >= 4 is 29.0 Å². The maximum Gasteiger partial charge on any atom is 0.259 e. The van der Waals surface area contributed by atoms with Crippen molar-refractivity contribution in [3.05, 3.63) is 48.0 Å². The summed E-state index contributed by atoms with van der Waals surface area (Å²) in [4.78, 5) is 13.1. The number of para-hydroxylation sites is 1. The van der Waals surface area contributed by atoms with Crippen molar-refractivity contribution in [3.8, 4) is 5.75 Å². The summed E-state index contributed by atoms with van der Waals surface area (Å²) >= 11 is 1.59. The Morgan fingerprint density at radius 3 is 2.74 bits per heavy atom. The van der Waals surface area contributed by atoms with Gasteiger partial charge in [-0.05, 0) is 36.6 Å². The van der Waals surface area contributed by atoms with Crippen molar-refractivity contribution < 1.29 is 9.90 Å². The van der Waals surface area contributed by atoms with E-state index in [1.54, 1.807) is 30.0 Å². The summed E-state index contributed by atoms with van der Waals surface area (Å²) in [5.41, 5.74) is 6.59. The SMILES string of the molecule is CSc1cccc(NC(=O)c2cccc(N)c2O)c1. The van der Waals surface area contributed by atoms with E-state index in [9.17, 15) is 9.90 Å². The van der Waals surface area contributed by atoms with Gasteiger partial charge in [0, 0.05) is 10.6 Å². The van der Waals surface area contributed by atoms with Crippen molar-refractivity contribution in [3.63, 3.8) is 0 Å². The minimum Gasteiger partial charge on any atom is -0.505 e. The number of nitrogen functional groups attached to an aromatic ring is 1. The van der Waals surface area contributed by atoms with Gasteiger partial charge in [-0.15, -0.1) is 11.8 Å². The van der Waals surface area contributed by atoms with E-state index in [0.29, 0.717) is 5.69 Å². The number of nitrogens with two attached hydrogens (primary N) is 1. The summed E-state index contributed by atoms with van der Waals surface area (Å²) in [7, 11) is 0. The largest absolute Gasteiger partial charge is 0.505 e. The van der Waals surface area contributed by atoms with Gasteiger partial charge in [0.05, 0.1) is 11.3 Å². The predicted molar refractivity (Wildman–Crippen MR) is 78.7 cm³/mol. The summed E-state index contributed by atoms with van der Waals surface area (Å²) in [6, 6.07) is 12.2. The second-order valence-electron chi connectivity index (χ2n) is 3.93. The van der Waals surface area contributed by atoms with E-state index >= 15 is 0 Å².